The molecule has 0 radical (unpaired) electrons. The Morgan fingerprint density at radius 3 is 2.46 bits per heavy atom. The van der Waals surface area contributed by atoms with Gasteiger partial charge in [-0.3, -0.25) is 4.79 Å². The van der Waals surface area contributed by atoms with E-state index in [-0.39, 0.29) is 23.4 Å². The van der Waals surface area contributed by atoms with Crippen LogP contribution < -0.4 is 0 Å². The van der Waals surface area contributed by atoms with Crippen LogP contribution in [-0.2, 0) is 10.9 Å². The molecule has 0 saturated heterocycles. The first-order chi connectivity index (χ1) is 16.4. The number of hydrogen-bond acceptors (Lipinski definition) is 4. The Labute approximate surface area is 200 Å². The molecule has 2 aromatic heterocycles. The SMILES string of the molecule is CCOC(=O)c1c(C)[nH]c(C(=O)C(C#N)=Cc2cc(C)n(-c3cccc(C(F)(F)F)c3)c2C)c1C. The summed E-state index contributed by atoms with van der Waals surface area (Å²) in [5.41, 5.74) is 2.23. The summed E-state index contributed by atoms with van der Waals surface area (Å²) >= 11 is 0. The number of Topliss-reactive ketones (excluding diaryl/α,β-unsaturated/α-hetero) is 1. The van der Waals surface area contributed by atoms with Gasteiger partial charge in [0.1, 0.15) is 11.6 Å². The molecule has 3 aromatic rings. The molecule has 9 heteroatoms. The topological polar surface area (TPSA) is 87.9 Å². The third kappa shape index (κ3) is 4.92. The molecule has 0 aliphatic heterocycles. The van der Waals surface area contributed by atoms with E-state index < -0.39 is 23.5 Å². The van der Waals surface area contributed by atoms with E-state index in [0.29, 0.717) is 33.9 Å². The molecular weight excluding hydrogens is 459 g/mol. The van der Waals surface area contributed by atoms with E-state index in [2.05, 4.69) is 4.98 Å². The maximum Gasteiger partial charge on any atom is 0.416 e. The Hall–Kier alpha value is -4.06. The number of aromatic amines is 1. The largest absolute Gasteiger partial charge is 0.462 e. The van der Waals surface area contributed by atoms with Crippen LogP contribution in [0.5, 0.6) is 0 Å². The first-order valence-corrected chi connectivity index (χ1v) is 10.8. The quantitative estimate of drug-likeness (QED) is 0.201. The Morgan fingerprint density at radius 1 is 1.17 bits per heavy atom. The number of aryl methyl sites for hydroxylation is 2. The molecule has 1 N–H and O–H groups in total. The molecule has 182 valence electrons. The number of halogens is 3. The van der Waals surface area contributed by atoms with Crippen LogP contribution in [-0.4, -0.2) is 27.9 Å². The summed E-state index contributed by atoms with van der Waals surface area (Å²) in [6, 6.07) is 8.52. The maximum atomic E-state index is 13.2. The lowest BCUT2D eigenvalue weighted by molar-refractivity contribution is -0.137. The number of ether oxygens (including phenoxy) is 1. The van der Waals surface area contributed by atoms with E-state index >= 15 is 0 Å². The van der Waals surface area contributed by atoms with Crippen LogP contribution in [0.1, 0.15) is 61.5 Å². The summed E-state index contributed by atoms with van der Waals surface area (Å²) in [7, 11) is 0. The number of allylic oxidation sites excluding steroid dienone is 1. The van der Waals surface area contributed by atoms with Crippen LogP contribution >= 0.6 is 0 Å². The smallest absolute Gasteiger partial charge is 0.416 e. The third-order valence-corrected chi connectivity index (χ3v) is 5.71. The van der Waals surface area contributed by atoms with Crippen molar-refractivity contribution in [3.8, 4) is 11.8 Å². The normalized spacial score (nSPS) is 11.9. The fraction of sp³-hybridized carbons (Fsp3) is 0.269. The van der Waals surface area contributed by atoms with Crippen LogP contribution in [0.15, 0.2) is 35.9 Å². The second kappa shape index (κ2) is 9.66. The molecule has 0 aliphatic carbocycles. The number of aromatic nitrogens is 2. The van der Waals surface area contributed by atoms with Crippen molar-refractivity contribution in [3.63, 3.8) is 0 Å². The summed E-state index contributed by atoms with van der Waals surface area (Å²) in [6.45, 7) is 8.50. The van der Waals surface area contributed by atoms with Crippen LogP contribution in [0.2, 0.25) is 0 Å². The van der Waals surface area contributed by atoms with Crippen LogP contribution in [0, 0.1) is 39.0 Å². The Kier molecular flexibility index (Phi) is 7.06. The fourth-order valence-corrected chi connectivity index (χ4v) is 4.08. The number of carbonyl (C=O) groups is 2. The zero-order valence-corrected chi connectivity index (χ0v) is 19.9. The highest BCUT2D eigenvalue weighted by atomic mass is 19.4. The summed E-state index contributed by atoms with van der Waals surface area (Å²) in [5, 5.41) is 9.71. The van der Waals surface area contributed by atoms with Gasteiger partial charge in [-0.15, -0.1) is 0 Å². The van der Waals surface area contributed by atoms with E-state index in [1.807, 2.05) is 6.07 Å². The molecule has 2 heterocycles. The van der Waals surface area contributed by atoms with Crippen molar-refractivity contribution in [2.75, 3.05) is 6.61 Å². The van der Waals surface area contributed by atoms with Crippen molar-refractivity contribution >= 4 is 17.8 Å². The molecular formula is C26H24F3N3O3. The number of alkyl halides is 3. The number of nitrogens with one attached hydrogen (secondary N) is 1. The van der Waals surface area contributed by atoms with Crippen molar-refractivity contribution in [2.45, 2.75) is 40.8 Å². The van der Waals surface area contributed by atoms with Crippen molar-refractivity contribution in [1.29, 1.82) is 5.26 Å². The number of rotatable bonds is 6. The lowest BCUT2D eigenvalue weighted by atomic mass is 10.0. The number of esters is 1. The van der Waals surface area contributed by atoms with Gasteiger partial charge in [0.15, 0.2) is 0 Å². The summed E-state index contributed by atoms with van der Waals surface area (Å²) in [4.78, 5) is 28.3. The molecule has 0 fully saturated rings. The van der Waals surface area contributed by atoms with Gasteiger partial charge in [0, 0.05) is 22.8 Å². The molecule has 0 unspecified atom stereocenters. The van der Waals surface area contributed by atoms with Crippen LogP contribution in [0.4, 0.5) is 13.2 Å². The Balaban J connectivity index is 2.04. The second-order valence-electron chi connectivity index (χ2n) is 8.05. The number of benzene rings is 1. The standard InChI is InChI=1S/C26H24F3N3O3/c1-6-35-25(34)22-15(3)23(31-16(22)4)24(33)19(13-30)11-18-10-14(2)32(17(18)5)21-9-7-8-20(12-21)26(27,28)29/h7-12,31H,6H2,1-5H3. The van der Waals surface area contributed by atoms with Crippen LogP contribution in [0.25, 0.3) is 11.8 Å². The lowest BCUT2D eigenvalue weighted by Crippen LogP contribution is -2.08. The van der Waals surface area contributed by atoms with E-state index in [0.717, 1.165) is 12.1 Å². The minimum Gasteiger partial charge on any atom is -0.462 e. The highest BCUT2D eigenvalue weighted by molar-refractivity contribution is 6.15. The van der Waals surface area contributed by atoms with Gasteiger partial charge in [0.05, 0.1) is 23.4 Å². The Morgan fingerprint density at radius 2 is 1.86 bits per heavy atom. The van der Waals surface area contributed by atoms with Gasteiger partial charge in [-0.1, -0.05) is 6.07 Å². The first-order valence-electron chi connectivity index (χ1n) is 10.8. The predicted molar refractivity (Wildman–Crippen MR) is 124 cm³/mol. The molecule has 0 atom stereocenters. The number of nitriles is 1. The first kappa shape index (κ1) is 25.6. The van der Waals surface area contributed by atoms with E-state index in [4.69, 9.17) is 4.74 Å². The number of H-pyrrole nitrogens is 1. The molecule has 0 aliphatic rings. The Bertz CT molecular complexity index is 1390. The molecule has 3 rings (SSSR count). The van der Waals surface area contributed by atoms with Gasteiger partial charge in [0.25, 0.3) is 0 Å². The lowest BCUT2D eigenvalue weighted by Gasteiger charge is -2.13. The van der Waals surface area contributed by atoms with E-state index in [1.165, 1.54) is 12.1 Å². The number of nitrogens with zero attached hydrogens (tertiary/aromatic N) is 2. The highest BCUT2D eigenvalue weighted by Crippen LogP contribution is 2.32. The van der Waals surface area contributed by atoms with Crippen LogP contribution in [0.3, 0.4) is 0 Å². The molecule has 0 saturated carbocycles. The third-order valence-electron chi connectivity index (χ3n) is 5.71. The van der Waals surface area contributed by atoms with Gasteiger partial charge in [-0.05, 0) is 76.1 Å². The molecule has 0 amide bonds. The van der Waals surface area contributed by atoms with Crippen molar-refractivity contribution < 1.29 is 27.5 Å². The predicted octanol–water partition coefficient (Wildman–Crippen LogP) is 6.02. The minimum atomic E-state index is -4.48. The van der Waals surface area contributed by atoms with Gasteiger partial charge in [-0.2, -0.15) is 18.4 Å². The van der Waals surface area contributed by atoms with E-state index in [1.54, 1.807) is 51.3 Å². The summed E-state index contributed by atoms with van der Waals surface area (Å²) in [5.74, 6) is -1.17. The van der Waals surface area contributed by atoms with Crippen molar-refractivity contribution in [1.82, 2.24) is 9.55 Å². The van der Waals surface area contributed by atoms with Gasteiger partial charge in [-0.25, -0.2) is 4.79 Å². The van der Waals surface area contributed by atoms with Gasteiger partial charge in [0.2, 0.25) is 5.78 Å². The molecule has 0 spiro atoms. The fourth-order valence-electron chi connectivity index (χ4n) is 4.08. The zero-order chi connectivity index (χ0) is 26.1. The second-order valence-corrected chi connectivity index (χ2v) is 8.05. The van der Waals surface area contributed by atoms with E-state index in [9.17, 15) is 28.0 Å². The molecule has 1 aromatic carbocycles. The molecule has 0 bridgehead atoms. The minimum absolute atomic E-state index is 0.102. The number of ketones is 1. The van der Waals surface area contributed by atoms with Gasteiger partial charge >= 0.3 is 12.1 Å². The van der Waals surface area contributed by atoms with Crippen molar-refractivity contribution in [2.24, 2.45) is 0 Å². The molecule has 35 heavy (non-hydrogen) atoms. The highest BCUT2D eigenvalue weighted by Gasteiger charge is 2.31. The number of carbonyl (C=O) groups excluding carboxylic acids is 2. The van der Waals surface area contributed by atoms with Crippen molar-refractivity contribution in [3.05, 3.63) is 80.9 Å². The average Bonchev–Trinajstić information content (AvgIpc) is 3.25. The molecule has 6 nitrogen and oxygen atoms in total. The number of hydrogen-bond donors (Lipinski definition) is 1. The summed E-state index contributed by atoms with van der Waals surface area (Å²) < 4.78 is 46.2. The average molecular weight is 483 g/mol. The maximum absolute atomic E-state index is 13.2. The zero-order valence-electron chi connectivity index (χ0n) is 19.9. The van der Waals surface area contributed by atoms with Gasteiger partial charge < -0.3 is 14.3 Å². The monoisotopic (exact) mass is 483 g/mol. The summed E-state index contributed by atoms with van der Waals surface area (Å²) in [6.07, 6.45) is -3.09.